The summed E-state index contributed by atoms with van der Waals surface area (Å²) in [4.78, 5) is 22.9. The molecule has 0 aliphatic rings. The van der Waals surface area contributed by atoms with Gasteiger partial charge in [-0.05, 0) is 50.0 Å². The molecule has 0 radical (unpaired) electrons. The Bertz CT molecular complexity index is 807. The van der Waals surface area contributed by atoms with Crippen LogP contribution in [-0.4, -0.2) is 46.3 Å². The van der Waals surface area contributed by atoms with E-state index >= 15 is 0 Å². The van der Waals surface area contributed by atoms with Crippen molar-refractivity contribution in [3.05, 3.63) is 66.0 Å². The van der Waals surface area contributed by atoms with E-state index in [-0.39, 0.29) is 11.6 Å². The summed E-state index contributed by atoms with van der Waals surface area (Å²) in [6, 6.07) is 11.8. The van der Waals surface area contributed by atoms with Gasteiger partial charge in [0.15, 0.2) is 0 Å². The van der Waals surface area contributed by atoms with Crippen molar-refractivity contribution in [1.29, 1.82) is 0 Å². The molecule has 0 saturated carbocycles. The Morgan fingerprint density at radius 3 is 2.22 bits per heavy atom. The molecule has 0 aliphatic carbocycles. The Labute approximate surface area is 160 Å². The molecular formula is C19H20FNO5S. The summed E-state index contributed by atoms with van der Waals surface area (Å²) in [5, 5.41) is 25.1. The summed E-state index contributed by atoms with van der Waals surface area (Å²) in [6.07, 6.45) is 1.12. The van der Waals surface area contributed by atoms with Gasteiger partial charge in [0.1, 0.15) is 11.6 Å². The van der Waals surface area contributed by atoms with Crippen molar-refractivity contribution in [2.45, 2.75) is 16.3 Å². The Hall–Kier alpha value is -2.84. The third-order valence-electron chi connectivity index (χ3n) is 2.93. The van der Waals surface area contributed by atoms with E-state index in [2.05, 4.69) is 0 Å². The van der Waals surface area contributed by atoms with Crippen LogP contribution in [0.2, 0.25) is 0 Å². The molecule has 8 heteroatoms. The van der Waals surface area contributed by atoms with Gasteiger partial charge >= 0.3 is 11.9 Å². The van der Waals surface area contributed by atoms with Gasteiger partial charge in [-0.3, -0.25) is 0 Å². The van der Waals surface area contributed by atoms with Crippen molar-refractivity contribution in [3.8, 4) is 5.75 Å². The minimum atomic E-state index is -1.26. The lowest BCUT2D eigenvalue weighted by Crippen LogP contribution is -2.11. The molecule has 0 unspecified atom stereocenters. The van der Waals surface area contributed by atoms with Gasteiger partial charge in [-0.1, -0.05) is 23.9 Å². The molecule has 0 aliphatic heterocycles. The predicted molar refractivity (Wildman–Crippen MR) is 100 cm³/mol. The number of carboxylic acid groups (broad SMARTS) is 2. The summed E-state index contributed by atoms with van der Waals surface area (Å²) in [5.41, 5.74) is 1.07. The third-order valence-corrected chi connectivity index (χ3v) is 4.02. The van der Waals surface area contributed by atoms with Crippen LogP contribution in [0.15, 0.2) is 64.4 Å². The molecule has 6 nitrogen and oxygen atoms in total. The van der Waals surface area contributed by atoms with Gasteiger partial charge < -0.3 is 20.2 Å². The molecule has 0 aromatic heterocycles. The number of aliphatic carboxylic acids is 2. The van der Waals surface area contributed by atoms with Gasteiger partial charge in [-0.25, -0.2) is 14.0 Å². The van der Waals surface area contributed by atoms with Crippen LogP contribution in [0.25, 0.3) is 0 Å². The average molecular weight is 393 g/mol. The summed E-state index contributed by atoms with van der Waals surface area (Å²) in [6.45, 7) is 0.751. The second-order valence-corrected chi connectivity index (χ2v) is 6.71. The van der Waals surface area contributed by atoms with Crippen molar-refractivity contribution < 1.29 is 29.3 Å². The van der Waals surface area contributed by atoms with Gasteiger partial charge in [0.25, 0.3) is 0 Å². The van der Waals surface area contributed by atoms with Crippen LogP contribution in [0.5, 0.6) is 5.75 Å². The van der Waals surface area contributed by atoms with Gasteiger partial charge in [-0.15, -0.1) is 0 Å². The molecule has 2 aromatic carbocycles. The van der Waals surface area contributed by atoms with Gasteiger partial charge in [0.05, 0.1) is 0 Å². The zero-order valence-electron chi connectivity index (χ0n) is 14.8. The zero-order valence-corrected chi connectivity index (χ0v) is 15.6. The highest BCUT2D eigenvalue weighted by atomic mass is 32.2. The second kappa shape index (κ2) is 11.0. The second-order valence-electron chi connectivity index (χ2n) is 5.60. The van der Waals surface area contributed by atoms with E-state index < -0.39 is 11.9 Å². The molecule has 0 fully saturated rings. The normalized spacial score (nSPS) is 10.5. The minimum absolute atomic E-state index is 0.218. The van der Waals surface area contributed by atoms with Crippen LogP contribution in [0.4, 0.5) is 4.39 Å². The number of halogens is 1. The number of carbonyl (C=O) groups is 2. The molecule has 0 spiro atoms. The summed E-state index contributed by atoms with van der Waals surface area (Å²) >= 11 is 1.46. The number of aromatic hydroxyl groups is 1. The van der Waals surface area contributed by atoms with Crippen molar-refractivity contribution in [3.63, 3.8) is 0 Å². The van der Waals surface area contributed by atoms with Gasteiger partial charge in [0, 0.05) is 28.5 Å². The molecule has 2 aromatic rings. The van der Waals surface area contributed by atoms with E-state index in [1.165, 1.54) is 23.9 Å². The number of nitrogens with zero attached hydrogens (tertiary/aromatic N) is 1. The summed E-state index contributed by atoms with van der Waals surface area (Å²) < 4.78 is 13.4. The Balaban J connectivity index is 0.000000387. The first kappa shape index (κ1) is 22.2. The van der Waals surface area contributed by atoms with Crippen LogP contribution >= 0.6 is 11.8 Å². The summed E-state index contributed by atoms with van der Waals surface area (Å²) in [5.74, 6) is -2.54. The highest BCUT2D eigenvalue weighted by Gasteiger charge is 2.08. The van der Waals surface area contributed by atoms with Crippen molar-refractivity contribution in [1.82, 2.24) is 4.90 Å². The van der Waals surface area contributed by atoms with Crippen LogP contribution < -0.4 is 0 Å². The van der Waals surface area contributed by atoms with Crippen LogP contribution in [-0.2, 0) is 16.1 Å². The number of phenols is 1. The molecule has 0 saturated heterocycles. The van der Waals surface area contributed by atoms with Crippen LogP contribution in [0.3, 0.4) is 0 Å². The van der Waals surface area contributed by atoms with E-state index in [9.17, 15) is 19.1 Å². The fourth-order valence-corrected chi connectivity index (χ4v) is 2.93. The molecule has 2 rings (SSSR count). The number of rotatable bonds is 6. The van der Waals surface area contributed by atoms with Crippen molar-refractivity contribution in [2.24, 2.45) is 0 Å². The Kier molecular flexibility index (Phi) is 9.04. The fraction of sp³-hybridized carbons (Fsp3) is 0.158. The largest absolute Gasteiger partial charge is 0.508 e. The van der Waals surface area contributed by atoms with E-state index in [1.807, 2.05) is 25.1 Å². The lowest BCUT2D eigenvalue weighted by molar-refractivity contribution is -0.134. The maximum absolute atomic E-state index is 13.4. The maximum atomic E-state index is 13.4. The Morgan fingerprint density at radius 1 is 1.07 bits per heavy atom. The van der Waals surface area contributed by atoms with E-state index in [0.717, 1.165) is 21.9 Å². The van der Waals surface area contributed by atoms with Crippen molar-refractivity contribution >= 4 is 23.7 Å². The number of hydrogen-bond donors (Lipinski definition) is 3. The molecule has 0 amide bonds. The first-order chi connectivity index (χ1) is 12.7. The first-order valence-electron chi connectivity index (χ1n) is 7.71. The van der Waals surface area contributed by atoms with E-state index in [0.29, 0.717) is 12.2 Å². The lowest BCUT2D eigenvalue weighted by atomic mass is 10.2. The SMILES string of the molecule is CN(C)Cc1ccc(F)cc1Sc1cccc(O)c1.O=C(O)/C=C/C(=O)O. The average Bonchev–Trinajstić information content (AvgIpc) is 2.56. The van der Waals surface area contributed by atoms with Gasteiger partial charge in [0.2, 0.25) is 0 Å². The number of hydrogen-bond acceptors (Lipinski definition) is 5. The van der Waals surface area contributed by atoms with E-state index in [4.69, 9.17) is 10.2 Å². The highest BCUT2D eigenvalue weighted by molar-refractivity contribution is 7.99. The van der Waals surface area contributed by atoms with Crippen molar-refractivity contribution in [2.75, 3.05) is 14.1 Å². The zero-order chi connectivity index (χ0) is 20.4. The fourth-order valence-electron chi connectivity index (χ4n) is 1.91. The molecule has 0 atom stereocenters. The molecular weight excluding hydrogens is 373 g/mol. The standard InChI is InChI=1S/C15H16FNOS.C4H4O4/c1-17(2)10-11-6-7-12(16)8-15(11)19-14-5-3-4-13(18)9-14;5-3(6)1-2-4(7)8/h3-9,18H,10H2,1-2H3;1-2H,(H,5,6)(H,7,8)/b;2-1+. The lowest BCUT2D eigenvalue weighted by Gasteiger charge is -2.14. The highest BCUT2D eigenvalue weighted by Crippen LogP contribution is 2.33. The molecule has 27 heavy (non-hydrogen) atoms. The molecule has 144 valence electrons. The summed E-state index contributed by atoms with van der Waals surface area (Å²) in [7, 11) is 3.96. The van der Waals surface area contributed by atoms with Crippen LogP contribution in [0.1, 0.15) is 5.56 Å². The predicted octanol–water partition coefficient (Wildman–Crippen LogP) is 3.46. The maximum Gasteiger partial charge on any atom is 0.328 e. The molecule has 3 N–H and O–H groups in total. The molecule has 0 heterocycles. The first-order valence-corrected chi connectivity index (χ1v) is 8.53. The van der Waals surface area contributed by atoms with Gasteiger partial charge in [-0.2, -0.15) is 0 Å². The monoisotopic (exact) mass is 393 g/mol. The topological polar surface area (TPSA) is 98.1 Å². The number of carboxylic acids is 2. The van der Waals surface area contributed by atoms with Crippen LogP contribution in [0, 0.1) is 5.82 Å². The van der Waals surface area contributed by atoms with E-state index in [1.54, 1.807) is 24.3 Å². The third kappa shape index (κ3) is 9.43. The molecule has 0 bridgehead atoms. The Morgan fingerprint density at radius 2 is 1.70 bits per heavy atom. The quantitative estimate of drug-likeness (QED) is 0.647. The number of benzene rings is 2. The smallest absolute Gasteiger partial charge is 0.328 e. The minimum Gasteiger partial charge on any atom is -0.508 e. The number of phenolic OH excluding ortho intramolecular Hbond substituents is 1.